The van der Waals surface area contributed by atoms with Crippen LogP contribution < -0.4 is 0 Å². The van der Waals surface area contributed by atoms with E-state index in [1.165, 1.54) is 0 Å². The molecule has 3 aromatic rings. The maximum atomic E-state index is 12.6. The van der Waals surface area contributed by atoms with Crippen molar-refractivity contribution >= 4 is 9.84 Å². The van der Waals surface area contributed by atoms with Crippen LogP contribution in [0.3, 0.4) is 0 Å². The Hall–Kier alpha value is -2.48. The van der Waals surface area contributed by atoms with Gasteiger partial charge in [-0.25, -0.2) is 13.4 Å². The second-order valence-corrected chi connectivity index (χ2v) is 9.62. The molecule has 6 nitrogen and oxygen atoms in total. The smallest absolute Gasteiger partial charge is 0.227 e. The molecule has 1 N–H and O–H groups in total. The third-order valence-electron chi connectivity index (χ3n) is 5.13. The van der Waals surface area contributed by atoms with Gasteiger partial charge in [0.2, 0.25) is 15.0 Å². The Morgan fingerprint density at radius 1 is 1.07 bits per heavy atom. The van der Waals surface area contributed by atoms with Crippen molar-refractivity contribution in [3.8, 4) is 0 Å². The predicted octanol–water partition coefficient (Wildman–Crippen LogP) is 3.08. The number of aryl methyl sites for hydroxylation is 1. The van der Waals surface area contributed by atoms with Crippen molar-refractivity contribution in [1.82, 2.24) is 14.5 Å². The first-order valence-electron chi connectivity index (χ1n) is 10.1. The number of imidazole rings is 1. The summed E-state index contributed by atoms with van der Waals surface area (Å²) >= 11 is 0. The molecule has 0 saturated heterocycles. The number of sulfone groups is 1. The summed E-state index contributed by atoms with van der Waals surface area (Å²) in [7, 11) is -1.52. The standard InChI is InChI=1S/C23H29N3O3S/c1-3-30(28,29)23-24-16-21(26(23)15-14-19-10-6-4-7-11-19)17-25(2)18-22(27)20-12-8-5-9-13-20/h4-13,16,22,27H,3,14-15,17-18H2,1-2H3. The van der Waals surface area contributed by atoms with E-state index in [-0.39, 0.29) is 10.9 Å². The number of benzene rings is 2. The van der Waals surface area contributed by atoms with Crippen LogP contribution in [-0.2, 0) is 29.3 Å². The molecular formula is C23H29N3O3S. The van der Waals surface area contributed by atoms with E-state index in [1.54, 1.807) is 17.7 Å². The van der Waals surface area contributed by atoms with Gasteiger partial charge < -0.3 is 9.67 Å². The fourth-order valence-electron chi connectivity index (χ4n) is 3.44. The van der Waals surface area contributed by atoms with E-state index >= 15 is 0 Å². The minimum atomic E-state index is -3.43. The van der Waals surface area contributed by atoms with Crippen molar-refractivity contribution in [1.29, 1.82) is 0 Å². The Bertz CT molecular complexity index is 1030. The van der Waals surface area contributed by atoms with Crippen molar-refractivity contribution in [2.24, 2.45) is 0 Å². The van der Waals surface area contributed by atoms with Gasteiger partial charge in [-0.1, -0.05) is 67.6 Å². The number of aliphatic hydroxyl groups excluding tert-OH is 1. The topological polar surface area (TPSA) is 75.4 Å². The summed E-state index contributed by atoms with van der Waals surface area (Å²) in [6, 6.07) is 19.5. The van der Waals surface area contributed by atoms with Crippen LogP contribution in [-0.4, -0.2) is 47.3 Å². The molecular weight excluding hydrogens is 398 g/mol. The molecule has 0 saturated carbocycles. The van der Waals surface area contributed by atoms with Gasteiger partial charge in [0.05, 0.1) is 23.7 Å². The number of hydrogen-bond acceptors (Lipinski definition) is 5. The van der Waals surface area contributed by atoms with Gasteiger partial charge in [0.25, 0.3) is 0 Å². The summed E-state index contributed by atoms with van der Waals surface area (Å²) in [5, 5.41) is 10.6. The van der Waals surface area contributed by atoms with Gasteiger partial charge in [0.1, 0.15) is 0 Å². The third-order valence-corrected chi connectivity index (χ3v) is 6.77. The number of likely N-dealkylation sites (N-methyl/N-ethyl adjacent to an activating group) is 1. The molecule has 0 radical (unpaired) electrons. The van der Waals surface area contributed by atoms with Gasteiger partial charge in [-0.15, -0.1) is 0 Å². The van der Waals surface area contributed by atoms with Crippen molar-refractivity contribution in [2.75, 3.05) is 19.3 Å². The maximum absolute atomic E-state index is 12.6. The Kier molecular flexibility index (Phi) is 7.42. The van der Waals surface area contributed by atoms with E-state index in [9.17, 15) is 13.5 Å². The van der Waals surface area contributed by atoms with Crippen LogP contribution in [0.15, 0.2) is 72.0 Å². The van der Waals surface area contributed by atoms with Crippen molar-refractivity contribution in [3.63, 3.8) is 0 Å². The normalized spacial score (nSPS) is 12.9. The third kappa shape index (κ3) is 5.56. The molecule has 0 spiro atoms. The van der Waals surface area contributed by atoms with Crippen LogP contribution in [0.25, 0.3) is 0 Å². The predicted molar refractivity (Wildman–Crippen MR) is 118 cm³/mol. The van der Waals surface area contributed by atoms with E-state index in [1.807, 2.05) is 72.6 Å². The van der Waals surface area contributed by atoms with E-state index in [2.05, 4.69) is 4.98 Å². The molecule has 0 aliphatic rings. The van der Waals surface area contributed by atoms with Gasteiger partial charge in [-0.2, -0.15) is 0 Å². The largest absolute Gasteiger partial charge is 0.387 e. The SMILES string of the molecule is CCS(=O)(=O)c1ncc(CN(C)CC(O)c2ccccc2)n1CCc1ccccc1. The summed E-state index contributed by atoms with van der Waals surface area (Å²) < 4.78 is 26.9. The summed E-state index contributed by atoms with van der Waals surface area (Å²) in [5.41, 5.74) is 2.82. The van der Waals surface area contributed by atoms with Crippen LogP contribution >= 0.6 is 0 Å². The quantitative estimate of drug-likeness (QED) is 0.538. The molecule has 0 aliphatic carbocycles. The highest BCUT2D eigenvalue weighted by atomic mass is 32.2. The van der Waals surface area contributed by atoms with Crippen molar-refractivity contribution in [3.05, 3.63) is 83.7 Å². The first-order chi connectivity index (χ1) is 14.4. The van der Waals surface area contributed by atoms with E-state index in [0.717, 1.165) is 16.8 Å². The van der Waals surface area contributed by atoms with Crippen LogP contribution in [0.1, 0.15) is 29.8 Å². The van der Waals surface area contributed by atoms with E-state index in [4.69, 9.17) is 0 Å². The Balaban J connectivity index is 1.77. The number of aromatic nitrogens is 2. The summed E-state index contributed by atoms with van der Waals surface area (Å²) in [5.74, 6) is 0.0113. The summed E-state index contributed by atoms with van der Waals surface area (Å²) in [6.45, 7) is 3.09. The number of hydrogen-bond donors (Lipinski definition) is 1. The molecule has 0 fully saturated rings. The van der Waals surface area contributed by atoms with Gasteiger partial charge in [0.15, 0.2) is 0 Å². The fraction of sp³-hybridized carbons (Fsp3) is 0.348. The van der Waals surface area contributed by atoms with Crippen LogP contribution in [0.2, 0.25) is 0 Å². The van der Waals surface area contributed by atoms with Crippen molar-refractivity contribution < 1.29 is 13.5 Å². The Labute approximate surface area is 178 Å². The molecule has 7 heteroatoms. The maximum Gasteiger partial charge on any atom is 0.227 e. The van der Waals surface area contributed by atoms with Crippen LogP contribution in [0.5, 0.6) is 0 Å². The van der Waals surface area contributed by atoms with Gasteiger partial charge in [-0.05, 0) is 24.6 Å². The molecule has 0 bridgehead atoms. The molecule has 1 heterocycles. The lowest BCUT2D eigenvalue weighted by molar-refractivity contribution is 0.122. The molecule has 1 atom stereocenters. The first-order valence-corrected chi connectivity index (χ1v) is 11.8. The van der Waals surface area contributed by atoms with Crippen molar-refractivity contribution in [2.45, 2.75) is 37.7 Å². The highest BCUT2D eigenvalue weighted by Crippen LogP contribution is 2.18. The lowest BCUT2D eigenvalue weighted by Gasteiger charge is -2.22. The van der Waals surface area contributed by atoms with Gasteiger partial charge >= 0.3 is 0 Å². The highest BCUT2D eigenvalue weighted by Gasteiger charge is 2.22. The lowest BCUT2D eigenvalue weighted by atomic mass is 10.1. The summed E-state index contributed by atoms with van der Waals surface area (Å²) in [6.07, 6.45) is 1.74. The number of nitrogens with zero attached hydrogens (tertiary/aromatic N) is 3. The van der Waals surface area contributed by atoms with Crippen LogP contribution in [0.4, 0.5) is 0 Å². The molecule has 30 heavy (non-hydrogen) atoms. The second-order valence-electron chi connectivity index (χ2n) is 7.45. The average Bonchev–Trinajstić information content (AvgIpc) is 3.16. The van der Waals surface area contributed by atoms with Gasteiger partial charge in [-0.3, -0.25) is 4.90 Å². The Morgan fingerprint density at radius 2 is 1.70 bits per heavy atom. The Morgan fingerprint density at radius 3 is 2.33 bits per heavy atom. The lowest BCUT2D eigenvalue weighted by Crippen LogP contribution is -2.26. The number of aliphatic hydroxyl groups is 1. The molecule has 0 aliphatic heterocycles. The highest BCUT2D eigenvalue weighted by molar-refractivity contribution is 7.91. The zero-order chi connectivity index (χ0) is 21.6. The zero-order valence-corrected chi connectivity index (χ0v) is 18.3. The summed E-state index contributed by atoms with van der Waals surface area (Å²) in [4.78, 5) is 6.23. The monoisotopic (exact) mass is 427 g/mol. The minimum Gasteiger partial charge on any atom is -0.387 e. The van der Waals surface area contributed by atoms with Crippen LogP contribution in [0, 0.1) is 0 Å². The minimum absolute atomic E-state index is 0.0113. The molecule has 160 valence electrons. The molecule has 1 aromatic heterocycles. The first kappa shape index (κ1) is 22.2. The molecule has 2 aromatic carbocycles. The molecule has 3 rings (SSSR count). The number of rotatable bonds is 10. The zero-order valence-electron chi connectivity index (χ0n) is 17.5. The van der Waals surface area contributed by atoms with E-state index < -0.39 is 15.9 Å². The van der Waals surface area contributed by atoms with E-state index in [0.29, 0.717) is 26.1 Å². The second kappa shape index (κ2) is 10.0. The van der Waals surface area contributed by atoms with Gasteiger partial charge in [0, 0.05) is 19.6 Å². The molecule has 1 unspecified atom stereocenters. The average molecular weight is 428 g/mol. The fourth-order valence-corrected chi connectivity index (χ4v) is 4.45. The molecule has 0 amide bonds.